The summed E-state index contributed by atoms with van der Waals surface area (Å²) in [5, 5.41) is 0. The molecule has 280 valence electrons. The van der Waals surface area contributed by atoms with E-state index in [1.54, 1.807) is 0 Å². The predicted molar refractivity (Wildman–Crippen MR) is 238 cm³/mol. The number of fused-ring (bicyclic) bond motifs is 8. The molecule has 1 aliphatic carbocycles. The van der Waals surface area contributed by atoms with Gasteiger partial charge in [0.05, 0.1) is 5.41 Å². The van der Waals surface area contributed by atoms with Crippen molar-refractivity contribution in [2.24, 2.45) is 0 Å². The minimum atomic E-state index is -0.574. The summed E-state index contributed by atoms with van der Waals surface area (Å²) in [6.45, 7) is 4.70. The van der Waals surface area contributed by atoms with E-state index in [1.807, 2.05) is 36.4 Å². The van der Waals surface area contributed by atoms with E-state index in [9.17, 15) is 0 Å². The molecule has 1 spiro atoms. The molecule has 0 radical (unpaired) electrons. The fourth-order valence-corrected chi connectivity index (χ4v) is 9.49. The van der Waals surface area contributed by atoms with Gasteiger partial charge in [0.15, 0.2) is 17.5 Å². The summed E-state index contributed by atoms with van der Waals surface area (Å²) in [7, 11) is 0. The molecule has 4 nitrogen and oxygen atoms in total. The highest BCUT2D eigenvalue weighted by Gasteiger charge is 2.53. The summed E-state index contributed by atoms with van der Waals surface area (Å²) < 4.78 is 7.03. The second kappa shape index (κ2) is 13.6. The fourth-order valence-electron chi connectivity index (χ4n) is 9.49. The molecule has 0 unspecified atom stereocenters. The Morgan fingerprint density at radius 2 is 0.780 bits per heavy atom. The fraction of sp³-hybridized carbons (Fsp3) is 0.0727. The molecule has 2 heterocycles. The molecule has 0 saturated heterocycles. The summed E-state index contributed by atoms with van der Waals surface area (Å²) >= 11 is 0. The highest BCUT2D eigenvalue weighted by molar-refractivity contribution is 5.83. The van der Waals surface area contributed by atoms with Gasteiger partial charge in [0, 0.05) is 38.8 Å². The van der Waals surface area contributed by atoms with Crippen LogP contribution in [0.3, 0.4) is 0 Å². The summed E-state index contributed by atoms with van der Waals surface area (Å²) in [6.07, 6.45) is 0. The first-order valence-electron chi connectivity index (χ1n) is 20.2. The smallest absolute Gasteiger partial charge is 0.164 e. The third-order valence-corrected chi connectivity index (χ3v) is 12.3. The van der Waals surface area contributed by atoms with Gasteiger partial charge in [0.1, 0.15) is 11.5 Å². The Labute approximate surface area is 344 Å². The maximum atomic E-state index is 7.03. The number of hydrogen-bond acceptors (Lipinski definition) is 4. The van der Waals surface area contributed by atoms with Crippen molar-refractivity contribution in [2.45, 2.75) is 24.7 Å². The molecule has 0 bridgehead atoms. The molecule has 2 aliphatic rings. The van der Waals surface area contributed by atoms with Crippen LogP contribution in [0.5, 0.6) is 11.5 Å². The van der Waals surface area contributed by atoms with E-state index in [1.165, 1.54) is 22.3 Å². The third-order valence-electron chi connectivity index (χ3n) is 12.3. The van der Waals surface area contributed by atoms with Gasteiger partial charge >= 0.3 is 0 Å². The van der Waals surface area contributed by atoms with E-state index >= 15 is 0 Å². The largest absolute Gasteiger partial charge is 0.456 e. The molecular weight excluding hydrogens is 719 g/mol. The first kappa shape index (κ1) is 34.8. The van der Waals surface area contributed by atoms with Gasteiger partial charge in [-0.25, -0.2) is 15.0 Å². The Morgan fingerprint density at radius 1 is 0.339 bits per heavy atom. The summed E-state index contributed by atoms with van der Waals surface area (Å²) in [5.41, 5.74) is 13.9. The SMILES string of the molecule is CC1(C)c2ccccc2C2(c3ccccc3Oc3c(-c4ccc(-c5nc(-c6ccccc6)nc(-c6cccc(-c7ccccc7)c6)n5)cc4)cccc32)c2ccccc21. The molecule has 8 aromatic carbocycles. The van der Waals surface area contributed by atoms with E-state index in [0.29, 0.717) is 17.5 Å². The Kier molecular flexibility index (Phi) is 8.02. The minimum Gasteiger partial charge on any atom is -0.456 e. The zero-order valence-corrected chi connectivity index (χ0v) is 32.8. The maximum absolute atomic E-state index is 7.03. The van der Waals surface area contributed by atoms with Gasteiger partial charge in [0.25, 0.3) is 0 Å². The molecule has 0 atom stereocenters. The Morgan fingerprint density at radius 3 is 1.42 bits per heavy atom. The number of para-hydroxylation sites is 2. The topological polar surface area (TPSA) is 47.9 Å². The van der Waals surface area contributed by atoms with Crippen molar-refractivity contribution in [3.63, 3.8) is 0 Å². The van der Waals surface area contributed by atoms with Gasteiger partial charge in [-0.1, -0.05) is 202 Å². The summed E-state index contributed by atoms with van der Waals surface area (Å²) in [5.74, 6) is 3.61. The second-order valence-electron chi connectivity index (χ2n) is 15.9. The zero-order valence-electron chi connectivity index (χ0n) is 32.8. The first-order valence-corrected chi connectivity index (χ1v) is 20.2. The van der Waals surface area contributed by atoms with Crippen LogP contribution in [0.1, 0.15) is 47.2 Å². The molecule has 4 heteroatoms. The standard InChI is InChI=1S/C55H39N3O/c1-54(2)43-24-9-11-26-45(43)55(46-27-12-10-25-44(46)54)47-28-13-14-30-49(47)59-50-42(23-16-29-48(50)55)37-31-33-39(34-32-37)52-56-51(38-19-7-4-8-20-38)57-53(58-52)41-22-15-21-40(35-41)36-17-5-3-6-18-36/h3-35H,1-2H3. The normalized spacial score (nSPS) is 14.0. The first-order chi connectivity index (χ1) is 29.0. The third kappa shape index (κ3) is 5.48. The second-order valence-corrected chi connectivity index (χ2v) is 15.9. The summed E-state index contributed by atoms with van der Waals surface area (Å²) in [6, 6.07) is 70.6. The van der Waals surface area contributed by atoms with Crippen LogP contribution in [0.25, 0.3) is 56.4 Å². The van der Waals surface area contributed by atoms with E-state index < -0.39 is 5.41 Å². The highest BCUT2D eigenvalue weighted by atomic mass is 16.5. The van der Waals surface area contributed by atoms with Crippen LogP contribution in [0.15, 0.2) is 200 Å². The number of rotatable bonds is 5. The van der Waals surface area contributed by atoms with Crippen LogP contribution in [0.4, 0.5) is 0 Å². The molecule has 0 amide bonds. The number of ether oxygens (including phenoxy) is 1. The number of hydrogen-bond donors (Lipinski definition) is 0. The molecule has 1 aromatic heterocycles. The van der Waals surface area contributed by atoms with Crippen molar-refractivity contribution in [1.82, 2.24) is 15.0 Å². The van der Waals surface area contributed by atoms with Gasteiger partial charge in [0.2, 0.25) is 0 Å². The average Bonchev–Trinajstić information content (AvgIpc) is 3.31. The molecular formula is C55H39N3O. The van der Waals surface area contributed by atoms with Crippen molar-refractivity contribution >= 4 is 0 Å². The number of benzene rings is 8. The molecule has 0 N–H and O–H groups in total. The monoisotopic (exact) mass is 757 g/mol. The molecule has 0 saturated carbocycles. The lowest BCUT2D eigenvalue weighted by Gasteiger charge is -2.50. The van der Waals surface area contributed by atoms with Crippen LogP contribution >= 0.6 is 0 Å². The lowest BCUT2D eigenvalue weighted by molar-refractivity contribution is 0.427. The van der Waals surface area contributed by atoms with Crippen LogP contribution in [-0.2, 0) is 10.8 Å². The van der Waals surface area contributed by atoms with Crippen LogP contribution in [-0.4, -0.2) is 15.0 Å². The van der Waals surface area contributed by atoms with Crippen LogP contribution in [0, 0.1) is 0 Å². The molecule has 11 rings (SSSR count). The van der Waals surface area contributed by atoms with Crippen LogP contribution < -0.4 is 4.74 Å². The summed E-state index contributed by atoms with van der Waals surface area (Å²) in [4.78, 5) is 15.1. The van der Waals surface area contributed by atoms with Crippen molar-refractivity contribution in [3.05, 3.63) is 234 Å². The van der Waals surface area contributed by atoms with E-state index in [-0.39, 0.29) is 5.41 Å². The average molecular weight is 758 g/mol. The van der Waals surface area contributed by atoms with Crippen LogP contribution in [0.2, 0.25) is 0 Å². The lowest BCUT2D eigenvalue weighted by atomic mass is 9.53. The van der Waals surface area contributed by atoms with Gasteiger partial charge in [-0.3, -0.25) is 0 Å². The minimum absolute atomic E-state index is 0.181. The predicted octanol–water partition coefficient (Wildman–Crippen LogP) is 13.3. The highest BCUT2D eigenvalue weighted by Crippen LogP contribution is 2.62. The van der Waals surface area contributed by atoms with E-state index in [4.69, 9.17) is 19.7 Å². The van der Waals surface area contributed by atoms with Crippen molar-refractivity contribution in [2.75, 3.05) is 0 Å². The molecule has 1 aliphatic heterocycles. The van der Waals surface area contributed by atoms with Gasteiger partial charge in [-0.05, 0) is 51.1 Å². The number of nitrogens with zero attached hydrogens (tertiary/aromatic N) is 3. The zero-order chi connectivity index (χ0) is 39.6. The van der Waals surface area contributed by atoms with E-state index in [2.05, 4.69) is 178 Å². The van der Waals surface area contributed by atoms with Gasteiger partial charge in [-0.2, -0.15) is 0 Å². The molecule has 0 fully saturated rings. The number of aromatic nitrogens is 3. The maximum Gasteiger partial charge on any atom is 0.164 e. The van der Waals surface area contributed by atoms with Crippen molar-refractivity contribution < 1.29 is 4.74 Å². The quantitative estimate of drug-likeness (QED) is 0.175. The Balaban J connectivity index is 1.05. The van der Waals surface area contributed by atoms with Gasteiger partial charge < -0.3 is 4.74 Å². The lowest BCUT2D eigenvalue weighted by Crippen LogP contribution is -2.43. The van der Waals surface area contributed by atoms with Crippen molar-refractivity contribution in [3.8, 4) is 67.9 Å². The van der Waals surface area contributed by atoms with Crippen molar-refractivity contribution in [1.29, 1.82) is 0 Å². The Hall–Kier alpha value is -7.43. The van der Waals surface area contributed by atoms with E-state index in [0.717, 1.165) is 61.6 Å². The molecule has 59 heavy (non-hydrogen) atoms. The Bertz CT molecular complexity index is 3000. The van der Waals surface area contributed by atoms with Gasteiger partial charge in [-0.15, -0.1) is 0 Å². The molecule has 9 aromatic rings.